The molecule has 0 aromatic heterocycles. The van der Waals surface area contributed by atoms with Gasteiger partial charge in [-0.15, -0.1) is 0 Å². The number of hydrogen-bond donors (Lipinski definition) is 0. The molecule has 0 aliphatic carbocycles. The summed E-state index contributed by atoms with van der Waals surface area (Å²) in [5, 5.41) is 0. The van der Waals surface area contributed by atoms with E-state index in [1.165, 1.54) is 0 Å². The quantitative estimate of drug-likeness (QED) is 0.338. The highest BCUT2D eigenvalue weighted by Gasteiger charge is 2.41. The Morgan fingerprint density at radius 3 is 3.00 bits per heavy atom. The number of epoxide rings is 1. The SMILES string of the molecule is C1OPC[C@H]2O[C@H]12. The van der Waals surface area contributed by atoms with Crippen LogP contribution in [0, 0.1) is 0 Å². The molecule has 0 N–H and O–H groups in total. The van der Waals surface area contributed by atoms with Crippen LogP contribution in [0.25, 0.3) is 0 Å². The fourth-order valence-corrected chi connectivity index (χ4v) is 1.71. The van der Waals surface area contributed by atoms with Crippen LogP contribution in [0.2, 0.25) is 0 Å². The lowest BCUT2D eigenvalue weighted by atomic mass is 10.4. The molecule has 2 nitrogen and oxygen atoms in total. The number of rotatable bonds is 0. The van der Waals surface area contributed by atoms with Crippen molar-refractivity contribution in [2.75, 3.05) is 12.8 Å². The third-order valence-corrected chi connectivity index (χ3v) is 2.26. The van der Waals surface area contributed by atoms with Gasteiger partial charge in [0.1, 0.15) is 6.10 Å². The standard InChI is InChI=1S/C4H7O2P/c1-3-4(6-3)2-7-5-1/h3-4,7H,1-2H2/t3-,4-/m1/s1. The highest BCUT2D eigenvalue weighted by Crippen LogP contribution is 2.35. The zero-order chi connectivity index (χ0) is 4.69. The molecule has 0 spiro atoms. The van der Waals surface area contributed by atoms with Gasteiger partial charge in [-0.25, -0.2) is 0 Å². The molecule has 0 radical (unpaired) electrons. The van der Waals surface area contributed by atoms with Gasteiger partial charge >= 0.3 is 0 Å². The molecular formula is C4H7O2P. The van der Waals surface area contributed by atoms with Crippen molar-refractivity contribution in [2.45, 2.75) is 12.2 Å². The molecule has 3 heteroatoms. The number of fused-ring (bicyclic) bond motifs is 1. The summed E-state index contributed by atoms with van der Waals surface area (Å²) >= 11 is 0. The first kappa shape index (κ1) is 4.25. The smallest absolute Gasteiger partial charge is 0.108 e. The van der Waals surface area contributed by atoms with Gasteiger partial charge in [-0.1, -0.05) is 0 Å². The lowest BCUT2D eigenvalue weighted by Crippen LogP contribution is -2.07. The Labute approximate surface area is 44.1 Å². The molecule has 0 aromatic carbocycles. The van der Waals surface area contributed by atoms with Crippen molar-refractivity contribution < 1.29 is 9.26 Å². The molecule has 40 valence electrons. The van der Waals surface area contributed by atoms with Gasteiger partial charge in [0.25, 0.3) is 0 Å². The zero-order valence-electron chi connectivity index (χ0n) is 3.89. The van der Waals surface area contributed by atoms with Crippen LogP contribution in [0.5, 0.6) is 0 Å². The molecule has 0 amide bonds. The van der Waals surface area contributed by atoms with Crippen LogP contribution >= 0.6 is 8.81 Å². The summed E-state index contributed by atoms with van der Waals surface area (Å²) in [4.78, 5) is 0. The van der Waals surface area contributed by atoms with E-state index in [9.17, 15) is 0 Å². The molecule has 0 bridgehead atoms. The van der Waals surface area contributed by atoms with Crippen LogP contribution < -0.4 is 0 Å². The summed E-state index contributed by atoms with van der Waals surface area (Å²) in [6, 6.07) is 0. The van der Waals surface area contributed by atoms with E-state index < -0.39 is 0 Å². The van der Waals surface area contributed by atoms with Crippen molar-refractivity contribution in [1.29, 1.82) is 0 Å². The Morgan fingerprint density at radius 2 is 2.43 bits per heavy atom. The van der Waals surface area contributed by atoms with E-state index in [1.54, 1.807) is 0 Å². The minimum atomic E-state index is 0.487. The summed E-state index contributed by atoms with van der Waals surface area (Å²) in [6.07, 6.45) is 2.22. The van der Waals surface area contributed by atoms with Gasteiger partial charge in [0.15, 0.2) is 0 Å². The second kappa shape index (κ2) is 1.41. The largest absolute Gasteiger partial charge is 0.367 e. The Bertz CT molecular complexity index is 75.8. The van der Waals surface area contributed by atoms with Crippen molar-refractivity contribution in [3.63, 3.8) is 0 Å². The molecule has 2 aliphatic rings. The Kier molecular flexibility index (Phi) is 0.857. The molecule has 1 unspecified atom stereocenters. The molecule has 2 heterocycles. The maximum atomic E-state index is 5.16. The minimum Gasteiger partial charge on any atom is -0.367 e. The highest BCUT2D eigenvalue weighted by atomic mass is 31.1. The predicted octanol–water partition coefficient (Wildman–Crippen LogP) is 0.377. The van der Waals surface area contributed by atoms with Crippen molar-refractivity contribution in [3.05, 3.63) is 0 Å². The van der Waals surface area contributed by atoms with Crippen LogP contribution in [-0.2, 0) is 9.26 Å². The molecule has 2 aliphatic heterocycles. The molecule has 0 aromatic rings. The van der Waals surface area contributed by atoms with Crippen LogP contribution in [0.15, 0.2) is 0 Å². The van der Waals surface area contributed by atoms with Crippen LogP contribution in [0.4, 0.5) is 0 Å². The van der Waals surface area contributed by atoms with Gasteiger partial charge in [-0.3, -0.25) is 0 Å². The minimum absolute atomic E-state index is 0.487. The Morgan fingerprint density at radius 1 is 1.43 bits per heavy atom. The normalized spacial score (nSPS) is 51.4. The van der Waals surface area contributed by atoms with Gasteiger partial charge in [-0.05, 0) is 0 Å². The summed E-state index contributed by atoms with van der Waals surface area (Å²) < 4.78 is 10.3. The highest BCUT2D eigenvalue weighted by molar-refractivity contribution is 7.32. The second-order valence-corrected chi connectivity index (χ2v) is 2.86. The molecule has 2 rings (SSSR count). The molecule has 2 fully saturated rings. The van der Waals surface area contributed by atoms with Crippen molar-refractivity contribution in [1.82, 2.24) is 0 Å². The van der Waals surface area contributed by atoms with E-state index in [4.69, 9.17) is 9.26 Å². The third-order valence-electron chi connectivity index (χ3n) is 1.32. The topological polar surface area (TPSA) is 21.8 Å². The maximum absolute atomic E-state index is 5.16. The number of hydrogen-bond acceptors (Lipinski definition) is 2. The van der Waals surface area contributed by atoms with E-state index in [1.807, 2.05) is 0 Å². The van der Waals surface area contributed by atoms with Gasteiger partial charge in [0.05, 0.1) is 12.7 Å². The molecule has 2 saturated heterocycles. The van der Waals surface area contributed by atoms with E-state index in [0.29, 0.717) is 21.0 Å². The first-order valence-electron chi connectivity index (χ1n) is 2.47. The number of ether oxygens (including phenoxy) is 1. The van der Waals surface area contributed by atoms with Crippen LogP contribution in [-0.4, -0.2) is 25.0 Å². The molecular weight excluding hydrogens is 111 g/mol. The van der Waals surface area contributed by atoms with Crippen molar-refractivity contribution >= 4 is 8.81 Å². The first-order valence-corrected chi connectivity index (χ1v) is 3.58. The van der Waals surface area contributed by atoms with Crippen molar-refractivity contribution in [2.24, 2.45) is 0 Å². The summed E-state index contributed by atoms with van der Waals surface area (Å²) in [6.45, 7) is 0.850. The van der Waals surface area contributed by atoms with Crippen LogP contribution in [0.3, 0.4) is 0 Å². The van der Waals surface area contributed by atoms with E-state index >= 15 is 0 Å². The lowest BCUT2D eigenvalue weighted by Gasteiger charge is -2.03. The van der Waals surface area contributed by atoms with E-state index in [2.05, 4.69) is 0 Å². The Hall–Kier alpha value is 0.350. The third kappa shape index (κ3) is 0.674. The zero-order valence-corrected chi connectivity index (χ0v) is 4.89. The Balaban J connectivity index is 1.95. The second-order valence-electron chi connectivity index (χ2n) is 1.87. The van der Waals surface area contributed by atoms with Crippen molar-refractivity contribution in [3.8, 4) is 0 Å². The fourth-order valence-electron chi connectivity index (χ4n) is 0.787. The molecule has 7 heavy (non-hydrogen) atoms. The van der Waals surface area contributed by atoms with Gasteiger partial charge in [0.2, 0.25) is 0 Å². The van der Waals surface area contributed by atoms with Crippen LogP contribution in [0.1, 0.15) is 0 Å². The molecule has 0 saturated carbocycles. The monoisotopic (exact) mass is 118 g/mol. The predicted molar refractivity (Wildman–Crippen MR) is 27.8 cm³/mol. The fraction of sp³-hybridized carbons (Fsp3) is 1.00. The van der Waals surface area contributed by atoms with Gasteiger partial charge in [-0.2, -0.15) is 0 Å². The summed E-state index contributed by atoms with van der Waals surface area (Å²) in [5.74, 6) is 0. The molecule has 3 atom stereocenters. The average molecular weight is 118 g/mol. The van der Waals surface area contributed by atoms with Gasteiger partial charge < -0.3 is 9.26 Å². The first-order chi connectivity index (χ1) is 3.47. The summed E-state index contributed by atoms with van der Waals surface area (Å²) in [7, 11) is 0.699. The average Bonchev–Trinajstić information content (AvgIpc) is 2.41. The van der Waals surface area contributed by atoms with E-state index in [0.717, 1.165) is 12.8 Å². The maximum Gasteiger partial charge on any atom is 0.108 e. The van der Waals surface area contributed by atoms with Gasteiger partial charge in [0, 0.05) is 15.0 Å². The summed E-state index contributed by atoms with van der Waals surface area (Å²) in [5.41, 5.74) is 0. The van der Waals surface area contributed by atoms with E-state index in [-0.39, 0.29) is 0 Å². The lowest BCUT2D eigenvalue weighted by molar-refractivity contribution is 0.294.